The van der Waals surface area contributed by atoms with Crippen LogP contribution in [0.5, 0.6) is 5.75 Å². The van der Waals surface area contributed by atoms with E-state index in [1.165, 1.54) is 6.39 Å². The van der Waals surface area contributed by atoms with E-state index >= 15 is 0 Å². The largest absolute Gasteiger partial charge is 0.506 e. The molecule has 0 saturated carbocycles. The maximum absolute atomic E-state index is 11.5. The van der Waals surface area contributed by atoms with Gasteiger partial charge in [-0.2, -0.15) is 0 Å². The molecule has 0 aliphatic carbocycles. The minimum atomic E-state index is -0.711. The average Bonchev–Trinajstić information content (AvgIpc) is 3.10. The van der Waals surface area contributed by atoms with Crippen molar-refractivity contribution < 1.29 is 14.3 Å². The van der Waals surface area contributed by atoms with Gasteiger partial charge < -0.3 is 15.3 Å². The van der Waals surface area contributed by atoms with Crippen LogP contribution in [0.3, 0.4) is 0 Å². The first-order valence-electron chi connectivity index (χ1n) is 7.25. The number of amides is 1. The Balaban J connectivity index is 1.92. The second-order valence-corrected chi connectivity index (χ2v) is 5.86. The SMILES string of the molecule is Cc1c(Cc2ccc(-c3cocn3)cc2)cc(C(N)=O)c(O)c1Cl. The first-order chi connectivity index (χ1) is 11.5. The number of aromatic hydroxyl groups is 1. The summed E-state index contributed by atoms with van der Waals surface area (Å²) in [4.78, 5) is 15.6. The lowest BCUT2D eigenvalue weighted by Crippen LogP contribution is -2.12. The molecule has 1 heterocycles. The molecule has 0 spiro atoms. The zero-order valence-electron chi connectivity index (χ0n) is 12.9. The highest BCUT2D eigenvalue weighted by Gasteiger charge is 2.17. The van der Waals surface area contributed by atoms with Gasteiger partial charge in [-0.3, -0.25) is 4.79 Å². The van der Waals surface area contributed by atoms with E-state index in [-0.39, 0.29) is 16.3 Å². The summed E-state index contributed by atoms with van der Waals surface area (Å²) < 4.78 is 4.98. The Hall–Kier alpha value is -2.79. The quantitative estimate of drug-likeness (QED) is 0.756. The number of phenols is 1. The number of nitrogens with zero attached hydrogens (tertiary/aromatic N) is 1. The van der Waals surface area contributed by atoms with E-state index in [4.69, 9.17) is 21.8 Å². The third kappa shape index (κ3) is 2.98. The molecule has 0 radical (unpaired) electrons. The minimum Gasteiger partial charge on any atom is -0.506 e. The van der Waals surface area contributed by atoms with E-state index in [0.717, 1.165) is 27.9 Å². The van der Waals surface area contributed by atoms with Crippen LogP contribution in [0.15, 0.2) is 47.4 Å². The maximum atomic E-state index is 11.5. The Morgan fingerprint density at radius 3 is 2.62 bits per heavy atom. The van der Waals surface area contributed by atoms with Gasteiger partial charge in [0, 0.05) is 5.56 Å². The molecular formula is C18H15ClN2O3. The molecule has 24 heavy (non-hydrogen) atoms. The van der Waals surface area contributed by atoms with Crippen LogP contribution in [0.2, 0.25) is 5.02 Å². The fraction of sp³-hybridized carbons (Fsp3) is 0.111. The number of primary amides is 1. The Bertz CT molecular complexity index is 888. The average molecular weight is 343 g/mol. The number of oxazole rings is 1. The van der Waals surface area contributed by atoms with Crippen molar-refractivity contribution in [3.05, 3.63) is 70.3 Å². The summed E-state index contributed by atoms with van der Waals surface area (Å²) in [6.45, 7) is 1.80. The molecule has 3 aromatic rings. The summed E-state index contributed by atoms with van der Waals surface area (Å²) in [5.41, 5.74) is 9.63. The molecule has 0 bridgehead atoms. The molecule has 3 N–H and O–H groups in total. The van der Waals surface area contributed by atoms with E-state index in [1.807, 2.05) is 24.3 Å². The van der Waals surface area contributed by atoms with Crippen LogP contribution in [0.25, 0.3) is 11.3 Å². The van der Waals surface area contributed by atoms with Crippen molar-refractivity contribution in [2.75, 3.05) is 0 Å². The Morgan fingerprint density at radius 1 is 1.33 bits per heavy atom. The van der Waals surface area contributed by atoms with E-state index in [1.54, 1.807) is 19.3 Å². The summed E-state index contributed by atoms with van der Waals surface area (Å²) in [6, 6.07) is 9.41. The molecule has 0 atom stereocenters. The zero-order valence-corrected chi connectivity index (χ0v) is 13.7. The second-order valence-electron chi connectivity index (χ2n) is 5.48. The normalized spacial score (nSPS) is 10.8. The van der Waals surface area contributed by atoms with Crippen molar-refractivity contribution in [2.45, 2.75) is 13.3 Å². The minimum absolute atomic E-state index is 0.0276. The van der Waals surface area contributed by atoms with Crippen molar-refractivity contribution in [2.24, 2.45) is 5.73 Å². The number of benzene rings is 2. The number of carbonyl (C=O) groups is 1. The number of hydrogen-bond donors (Lipinski definition) is 2. The topological polar surface area (TPSA) is 89.4 Å². The molecule has 1 amide bonds. The van der Waals surface area contributed by atoms with Gasteiger partial charge >= 0.3 is 0 Å². The molecule has 0 fully saturated rings. The van der Waals surface area contributed by atoms with Crippen molar-refractivity contribution >= 4 is 17.5 Å². The molecule has 122 valence electrons. The smallest absolute Gasteiger partial charge is 0.252 e. The van der Waals surface area contributed by atoms with Crippen LogP contribution < -0.4 is 5.73 Å². The van der Waals surface area contributed by atoms with Crippen LogP contribution >= 0.6 is 11.6 Å². The van der Waals surface area contributed by atoms with Gasteiger partial charge in [0.05, 0.1) is 10.6 Å². The molecule has 0 aliphatic heterocycles. The summed E-state index contributed by atoms with van der Waals surface area (Å²) in [5.74, 6) is -0.983. The lowest BCUT2D eigenvalue weighted by atomic mass is 9.96. The number of aromatic nitrogens is 1. The van der Waals surface area contributed by atoms with Crippen LogP contribution in [-0.2, 0) is 6.42 Å². The molecule has 0 unspecified atom stereocenters. The Labute approximate surface area is 143 Å². The maximum Gasteiger partial charge on any atom is 0.252 e. The van der Waals surface area contributed by atoms with Crippen LogP contribution in [0.4, 0.5) is 0 Å². The lowest BCUT2D eigenvalue weighted by molar-refractivity contribution is 0.0997. The first-order valence-corrected chi connectivity index (χ1v) is 7.63. The molecule has 3 rings (SSSR count). The highest BCUT2D eigenvalue weighted by molar-refractivity contribution is 6.33. The number of carbonyl (C=O) groups excluding carboxylic acids is 1. The van der Waals surface area contributed by atoms with E-state index in [9.17, 15) is 9.90 Å². The molecule has 1 aromatic heterocycles. The van der Waals surface area contributed by atoms with Crippen molar-refractivity contribution in [3.8, 4) is 17.0 Å². The Kier molecular flexibility index (Phi) is 4.27. The van der Waals surface area contributed by atoms with Gasteiger partial charge in [-0.15, -0.1) is 0 Å². The molecular weight excluding hydrogens is 328 g/mol. The van der Waals surface area contributed by atoms with E-state index in [0.29, 0.717) is 6.42 Å². The first kappa shape index (κ1) is 16.1. The second kappa shape index (κ2) is 6.37. The van der Waals surface area contributed by atoms with Crippen molar-refractivity contribution in [1.29, 1.82) is 0 Å². The van der Waals surface area contributed by atoms with Gasteiger partial charge in [-0.25, -0.2) is 4.98 Å². The number of halogens is 1. The van der Waals surface area contributed by atoms with Gasteiger partial charge in [-0.05, 0) is 36.1 Å². The Morgan fingerprint density at radius 2 is 2.04 bits per heavy atom. The standard InChI is InChI=1S/C18H15ClN2O3/c1-10-13(7-14(18(20)23)17(22)16(10)19)6-11-2-4-12(5-3-11)15-8-24-9-21-15/h2-5,7-9,22H,6H2,1H3,(H2,20,23). The van der Waals surface area contributed by atoms with Gasteiger partial charge in [0.15, 0.2) is 6.39 Å². The predicted octanol–water partition coefficient (Wildman–Crippen LogP) is 3.70. The van der Waals surface area contributed by atoms with Gasteiger partial charge in [0.1, 0.15) is 17.7 Å². The molecule has 6 heteroatoms. The monoisotopic (exact) mass is 342 g/mol. The highest BCUT2D eigenvalue weighted by Crippen LogP contribution is 2.34. The summed E-state index contributed by atoms with van der Waals surface area (Å²) in [6.07, 6.45) is 3.53. The van der Waals surface area contributed by atoms with Crippen molar-refractivity contribution in [3.63, 3.8) is 0 Å². The fourth-order valence-corrected chi connectivity index (χ4v) is 2.75. The molecule has 2 aromatic carbocycles. The van der Waals surface area contributed by atoms with Crippen LogP contribution in [-0.4, -0.2) is 16.0 Å². The summed E-state index contributed by atoms with van der Waals surface area (Å²) >= 11 is 6.11. The number of nitrogens with two attached hydrogens (primary N) is 1. The van der Waals surface area contributed by atoms with Crippen LogP contribution in [0, 0.1) is 6.92 Å². The molecule has 0 saturated heterocycles. The molecule has 0 aliphatic rings. The van der Waals surface area contributed by atoms with E-state index in [2.05, 4.69) is 4.98 Å². The third-order valence-corrected chi connectivity index (χ3v) is 4.40. The fourth-order valence-electron chi connectivity index (χ4n) is 2.53. The highest BCUT2D eigenvalue weighted by atomic mass is 35.5. The number of rotatable bonds is 4. The van der Waals surface area contributed by atoms with Gasteiger partial charge in [0.2, 0.25) is 0 Å². The van der Waals surface area contributed by atoms with Gasteiger partial charge in [-0.1, -0.05) is 35.9 Å². The predicted molar refractivity (Wildman–Crippen MR) is 91.1 cm³/mol. The lowest BCUT2D eigenvalue weighted by Gasteiger charge is -2.12. The molecule has 5 nitrogen and oxygen atoms in total. The third-order valence-electron chi connectivity index (χ3n) is 3.93. The summed E-state index contributed by atoms with van der Waals surface area (Å²) in [7, 11) is 0. The zero-order chi connectivity index (χ0) is 17.3. The van der Waals surface area contributed by atoms with Gasteiger partial charge in [0.25, 0.3) is 5.91 Å². The summed E-state index contributed by atoms with van der Waals surface area (Å²) in [5, 5.41) is 10.1. The van der Waals surface area contributed by atoms with Crippen molar-refractivity contribution in [1.82, 2.24) is 4.98 Å². The van der Waals surface area contributed by atoms with E-state index < -0.39 is 5.91 Å². The van der Waals surface area contributed by atoms with Crippen LogP contribution in [0.1, 0.15) is 27.0 Å². The number of hydrogen-bond acceptors (Lipinski definition) is 4.